The number of hydrogen-bond donors (Lipinski definition) is 0. The Kier molecular flexibility index (Phi) is 5.48. The molecule has 0 bridgehead atoms. The molecule has 1 heterocycles. The summed E-state index contributed by atoms with van der Waals surface area (Å²) in [7, 11) is -2.83. The Bertz CT molecular complexity index is 1120. The lowest BCUT2D eigenvalue weighted by molar-refractivity contribution is 0.398. The van der Waals surface area contributed by atoms with Gasteiger partial charge in [-0.3, -0.25) is 4.98 Å². The van der Waals surface area contributed by atoms with Crippen LogP contribution in [0.15, 0.2) is 50.4 Å². The molecule has 0 aliphatic heterocycles. The molecule has 136 valence electrons. The summed E-state index contributed by atoms with van der Waals surface area (Å²) in [4.78, 5) is 4.09. The third-order valence-corrected chi connectivity index (χ3v) is 6.55. The van der Waals surface area contributed by atoms with E-state index in [1.165, 1.54) is 13.2 Å². The van der Waals surface area contributed by atoms with Crippen molar-refractivity contribution in [3.8, 4) is 11.5 Å². The van der Waals surface area contributed by atoms with Crippen molar-refractivity contribution >= 4 is 64.5 Å². The summed E-state index contributed by atoms with van der Waals surface area (Å²) in [6.45, 7) is 1.75. The number of hydrogen-bond acceptors (Lipinski definition) is 5. The van der Waals surface area contributed by atoms with Gasteiger partial charge >= 0.3 is 10.1 Å². The molecule has 0 aliphatic carbocycles. The van der Waals surface area contributed by atoms with Gasteiger partial charge in [-0.15, -0.1) is 0 Å². The topological polar surface area (TPSA) is 65.5 Å². The Morgan fingerprint density at radius 2 is 1.88 bits per heavy atom. The average molecular weight is 522 g/mol. The highest BCUT2D eigenvalue weighted by Crippen LogP contribution is 2.40. The van der Waals surface area contributed by atoms with Gasteiger partial charge in [-0.1, -0.05) is 33.6 Å². The van der Waals surface area contributed by atoms with Crippen LogP contribution in [-0.2, 0) is 10.1 Å². The van der Waals surface area contributed by atoms with Gasteiger partial charge in [-0.2, -0.15) is 8.42 Å². The first-order valence-corrected chi connectivity index (χ1v) is 10.6. The number of ether oxygens (including phenoxy) is 1. The summed E-state index contributed by atoms with van der Waals surface area (Å²) in [6.07, 6.45) is 1.56. The van der Waals surface area contributed by atoms with Gasteiger partial charge in [0.25, 0.3) is 0 Å². The third kappa shape index (κ3) is 3.55. The number of benzene rings is 2. The van der Waals surface area contributed by atoms with Crippen molar-refractivity contribution in [1.29, 1.82) is 0 Å². The Labute approximate surface area is 172 Å². The number of aryl methyl sites for hydroxylation is 1. The van der Waals surface area contributed by atoms with Crippen molar-refractivity contribution in [2.75, 3.05) is 7.11 Å². The van der Waals surface area contributed by atoms with E-state index in [2.05, 4.69) is 36.8 Å². The zero-order chi connectivity index (χ0) is 19.1. The van der Waals surface area contributed by atoms with E-state index in [9.17, 15) is 8.42 Å². The van der Waals surface area contributed by atoms with Crippen molar-refractivity contribution in [3.05, 3.63) is 56.1 Å². The summed E-state index contributed by atoms with van der Waals surface area (Å²) >= 11 is 12.9. The highest BCUT2D eigenvalue weighted by molar-refractivity contribution is 9.11. The van der Waals surface area contributed by atoms with Crippen LogP contribution in [0.3, 0.4) is 0 Å². The van der Waals surface area contributed by atoms with E-state index < -0.39 is 10.1 Å². The minimum atomic E-state index is -4.22. The van der Waals surface area contributed by atoms with E-state index in [-0.39, 0.29) is 16.4 Å². The summed E-state index contributed by atoms with van der Waals surface area (Å²) in [5.41, 5.74) is 1.09. The van der Waals surface area contributed by atoms with Gasteiger partial charge in [0.1, 0.15) is 16.2 Å². The predicted octanol–water partition coefficient (Wildman–Crippen LogP) is 5.50. The van der Waals surface area contributed by atoms with Crippen LogP contribution in [0, 0.1) is 6.92 Å². The normalized spacial score (nSPS) is 11.6. The van der Waals surface area contributed by atoms with Gasteiger partial charge in [-0.25, -0.2) is 0 Å². The van der Waals surface area contributed by atoms with Crippen molar-refractivity contribution in [2.24, 2.45) is 0 Å². The molecule has 0 spiro atoms. The second-order valence-corrected chi connectivity index (χ2v) is 8.99. The first-order chi connectivity index (χ1) is 12.2. The molecule has 3 rings (SSSR count). The van der Waals surface area contributed by atoms with Crippen molar-refractivity contribution in [3.63, 3.8) is 0 Å². The predicted molar refractivity (Wildman–Crippen MR) is 108 cm³/mol. The molecule has 0 N–H and O–H groups in total. The first kappa shape index (κ1) is 19.4. The summed E-state index contributed by atoms with van der Waals surface area (Å²) < 4.78 is 37.6. The summed E-state index contributed by atoms with van der Waals surface area (Å²) in [6, 6.07) is 8.12. The minimum absolute atomic E-state index is 0.0857. The molecule has 9 heteroatoms. The molecular weight excluding hydrogens is 510 g/mol. The molecule has 5 nitrogen and oxygen atoms in total. The maximum Gasteiger partial charge on any atom is 0.343 e. The second kappa shape index (κ2) is 7.34. The average Bonchev–Trinajstić information content (AvgIpc) is 2.60. The largest absolute Gasteiger partial charge is 0.495 e. The van der Waals surface area contributed by atoms with Gasteiger partial charge in [-0.05, 0) is 52.7 Å². The van der Waals surface area contributed by atoms with Gasteiger partial charge in [0.2, 0.25) is 0 Å². The first-order valence-electron chi connectivity index (χ1n) is 7.26. The van der Waals surface area contributed by atoms with E-state index in [1.807, 2.05) is 6.07 Å². The Morgan fingerprint density at radius 1 is 1.15 bits per heavy atom. The molecule has 0 aliphatic rings. The molecule has 0 unspecified atom stereocenters. The lowest BCUT2D eigenvalue weighted by atomic mass is 10.2. The molecule has 0 saturated carbocycles. The van der Waals surface area contributed by atoms with Crippen LogP contribution in [0.2, 0.25) is 5.02 Å². The van der Waals surface area contributed by atoms with Gasteiger partial charge < -0.3 is 8.92 Å². The van der Waals surface area contributed by atoms with Gasteiger partial charge in [0.05, 0.1) is 11.6 Å². The number of pyridine rings is 1. The fourth-order valence-corrected chi connectivity index (χ4v) is 5.19. The van der Waals surface area contributed by atoms with Crippen LogP contribution >= 0.6 is 43.5 Å². The Hall–Kier alpha value is -1.35. The van der Waals surface area contributed by atoms with Crippen LogP contribution < -0.4 is 8.92 Å². The summed E-state index contributed by atoms with van der Waals surface area (Å²) in [5.74, 6) is 0.236. The minimum Gasteiger partial charge on any atom is -0.495 e. The molecule has 2 aromatic carbocycles. The van der Waals surface area contributed by atoms with E-state index in [4.69, 9.17) is 20.5 Å². The van der Waals surface area contributed by atoms with Crippen LogP contribution in [0.1, 0.15) is 5.56 Å². The standard InChI is InChI=1S/C17H12Br2ClNO4S/c1-9-6-14(24-2)15(8-13(9)20)26(22,23)25-17-12(19)7-11(18)10-4-3-5-21-16(10)17/h3-8H,1-2H3. The van der Waals surface area contributed by atoms with Crippen LogP contribution in [-0.4, -0.2) is 20.5 Å². The lowest BCUT2D eigenvalue weighted by Gasteiger charge is -2.14. The van der Waals surface area contributed by atoms with E-state index in [1.54, 1.807) is 31.3 Å². The van der Waals surface area contributed by atoms with E-state index in [0.29, 0.717) is 20.6 Å². The molecule has 0 amide bonds. The second-order valence-electron chi connectivity index (χ2n) is 5.36. The number of aromatic nitrogens is 1. The Morgan fingerprint density at radius 3 is 2.58 bits per heavy atom. The number of halogens is 3. The number of methoxy groups -OCH3 is 1. The maximum absolute atomic E-state index is 12.9. The number of rotatable bonds is 4. The lowest BCUT2D eigenvalue weighted by Crippen LogP contribution is -2.12. The van der Waals surface area contributed by atoms with Crippen LogP contribution in [0.4, 0.5) is 0 Å². The smallest absolute Gasteiger partial charge is 0.343 e. The van der Waals surface area contributed by atoms with Crippen molar-refractivity contribution in [1.82, 2.24) is 4.98 Å². The number of fused-ring (bicyclic) bond motifs is 1. The molecule has 1 aromatic heterocycles. The fourth-order valence-electron chi connectivity index (χ4n) is 2.37. The molecular formula is C17H12Br2ClNO4S. The highest BCUT2D eigenvalue weighted by Gasteiger charge is 2.26. The summed E-state index contributed by atoms with van der Waals surface area (Å²) in [5, 5.41) is 1.01. The maximum atomic E-state index is 12.9. The van der Waals surface area contributed by atoms with Crippen LogP contribution in [0.5, 0.6) is 11.5 Å². The van der Waals surface area contributed by atoms with E-state index >= 15 is 0 Å². The monoisotopic (exact) mass is 519 g/mol. The molecule has 3 aromatic rings. The van der Waals surface area contributed by atoms with E-state index in [0.717, 1.165) is 9.86 Å². The van der Waals surface area contributed by atoms with Crippen LogP contribution in [0.25, 0.3) is 10.9 Å². The van der Waals surface area contributed by atoms with Gasteiger partial charge in [0.15, 0.2) is 5.75 Å². The quantitative estimate of drug-likeness (QED) is 0.425. The molecule has 0 radical (unpaired) electrons. The molecule has 0 atom stereocenters. The number of nitrogens with zero attached hydrogens (tertiary/aromatic N) is 1. The third-order valence-electron chi connectivity index (χ3n) is 3.66. The molecule has 0 saturated heterocycles. The van der Waals surface area contributed by atoms with Crippen molar-refractivity contribution in [2.45, 2.75) is 11.8 Å². The fraction of sp³-hybridized carbons (Fsp3) is 0.118. The zero-order valence-corrected chi connectivity index (χ0v) is 18.3. The Balaban J connectivity index is 2.18. The molecule has 26 heavy (non-hydrogen) atoms. The highest BCUT2D eigenvalue weighted by atomic mass is 79.9. The SMILES string of the molecule is COc1cc(C)c(Cl)cc1S(=O)(=O)Oc1c(Br)cc(Br)c2cccnc12. The zero-order valence-electron chi connectivity index (χ0n) is 13.6. The van der Waals surface area contributed by atoms with Gasteiger partial charge in [0, 0.05) is 21.1 Å². The molecule has 0 fully saturated rings. The van der Waals surface area contributed by atoms with Crippen molar-refractivity contribution < 1.29 is 17.3 Å².